The van der Waals surface area contributed by atoms with Crippen molar-refractivity contribution in [3.8, 4) is 0 Å². The zero-order valence-electron chi connectivity index (χ0n) is 11.2. The molecule has 0 saturated heterocycles. The van der Waals surface area contributed by atoms with Crippen LogP contribution in [0.1, 0.15) is 46.5 Å². The van der Waals surface area contributed by atoms with E-state index in [1.807, 2.05) is 20.8 Å². The Labute approximate surface area is 104 Å². The predicted molar refractivity (Wildman–Crippen MR) is 67.5 cm³/mol. The van der Waals surface area contributed by atoms with E-state index in [4.69, 9.17) is 4.74 Å². The molecule has 0 aromatic rings. The second kappa shape index (κ2) is 5.21. The van der Waals surface area contributed by atoms with Crippen molar-refractivity contribution < 1.29 is 14.6 Å². The average Bonchev–Trinajstić information content (AvgIpc) is 2.73. The molecule has 0 aromatic heterocycles. The summed E-state index contributed by atoms with van der Waals surface area (Å²) in [5.41, 5.74) is 0.163. The van der Waals surface area contributed by atoms with Gasteiger partial charge in [-0.05, 0) is 39.2 Å². The Morgan fingerprint density at radius 2 is 1.88 bits per heavy atom. The Kier molecular flexibility index (Phi) is 4.36. The van der Waals surface area contributed by atoms with E-state index in [0.29, 0.717) is 0 Å². The van der Waals surface area contributed by atoms with Crippen molar-refractivity contribution in [2.45, 2.75) is 46.5 Å². The van der Waals surface area contributed by atoms with Gasteiger partial charge in [0.15, 0.2) is 0 Å². The zero-order chi connectivity index (χ0) is 13.1. The van der Waals surface area contributed by atoms with E-state index < -0.39 is 5.41 Å². The number of aliphatic hydroxyl groups excluding tert-OH is 1. The largest absolute Gasteiger partial charge is 0.461 e. The fourth-order valence-electron chi connectivity index (χ4n) is 2.20. The van der Waals surface area contributed by atoms with Crippen LogP contribution in [-0.2, 0) is 9.53 Å². The molecule has 0 atom stereocenters. The second-order valence-electron chi connectivity index (χ2n) is 6.08. The Bertz CT molecular complexity index is 293. The van der Waals surface area contributed by atoms with Crippen LogP contribution in [0.15, 0.2) is 12.2 Å². The SMILES string of the molecule is C=C(COC(=O)C(C)(C)C)C1(CO)CCCC1. The van der Waals surface area contributed by atoms with E-state index in [1.165, 1.54) is 0 Å². The highest BCUT2D eigenvalue weighted by Gasteiger charge is 2.36. The maximum absolute atomic E-state index is 11.7. The molecule has 0 unspecified atom stereocenters. The van der Waals surface area contributed by atoms with Crippen molar-refractivity contribution in [2.24, 2.45) is 10.8 Å². The summed E-state index contributed by atoms with van der Waals surface area (Å²) in [6, 6.07) is 0. The summed E-state index contributed by atoms with van der Waals surface area (Å²) in [5, 5.41) is 9.51. The fourth-order valence-corrected chi connectivity index (χ4v) is 2.20. The van der Waals surface area contributed by atoms with Crippen molar-refractivity contribution >= 4 is 5.97 Å². The number of rotatable bonds is 4. The van der Waals surface area contributed by atoms with Crippen molar-refractivity contribution in [1.29, 1.82) is 0 Å². The fraction of sp³-hybridized carbons (Fsp3) is 0.786. The summed E-state index contributed by atoms with van der Waals surface area (Å²) < 4.78 is 5.26. The molecule has 0 aromatic carbocycles. The molecule has 3 nitrogen and oxygen atoms in total. The second-order valence-corrected chi connectivity index (χ2v) is 6.08. The first-order valence-electron chi connectivity index (χ1n) is 6.28. The van der Waals surface area contributed by atoms with Gasteiger partial charge in [-0.15, -0.1) is 0 Å². The molecule has 0 amide bonds. The third-order valence-electron chi connectivity index (χ3n) is 3.60. The van der Waals surface area contributed by atoms with Crippen LogP contribution < -0.4 is 0 Å². The van der Waals surface area contributed by atoms with Crippen molar-refractivity contribution in [1.82, 2.24) is 0 Å². The van der Waals surface area contributed by atoms with E-state index in [-0.39, 0.29) is 24.6 Å². The van der Waals surface area contributed by atoms with Crippen molar-refractivity contribution in [3.05, 3.63) is 12.2 Å². The van der Waals surface area contributed by atoms with Crippen LogP contribution in [0.3, 0.4) is 0 Å². The number of ether oxygens (including phenoxy) is 1. The third-order valence-corrected chi connectivity index (χ3v) is 3.60. The summed E-state index contributed by atoms with van der Waals surface area (Å²) in [7, 11) is 0. The predicted octanol–water partition coefficient (Wildman–Crippen LogP) is 2.68. The topological polar surface area (TPSA) is 46.5 Å². The molecule has 1 saturated carbocycles. The molecular weight excluding hydrogens is 216 g/mol. The van der Waals surface area contributed by atoms with Gasteiger partial charge in [-0.1, -0.05) is 19.4 Å². The number of hydrogen-bond acceptors (Lipinski definition) is 3. The number of aliphatic hydroxyl groups is 1. The number of carbonyl (C=O) groups is 1. The molecule has 3 heteroatoms. The van der Waals surface area contributed by atoms with Crippen molar-refractivity contribution in [2.75, 3.05) is 13.2 Å². The Morgan fingerprint density at radius 3 is 2.29 bits per heavy atom. The van der Waals surface area contributed by atoms with Gasteiger partial charge in [-0.2, -0.15) is 0 Å². The molecule has 0 heterocycles. The lowest BCUT2D eigenvalue weighted by Crippen LogP contribution is -2.29. The molecule has 98 valence electrons. The Hall–Kier alpha value is -0.830. The summed E-state index contributed by atoms with van der Waals surface area (Å²) in [6.07, 6.45) is 4.14. The van der Waals surface area contributed by atoms with Crippen LogP contribution >= 0.6 is 0 Å². The maximum Gasteiger partial charge on any atom is 0.311 e. The monoisotopic (exact) mass is 240 g/mol. The molecule has 0 bridgehead atoms. The van der Waals surface area contributed by atoms with Gasteiger partial charge in [0, 0.05) is 5.41 Å². The van der Waals surface area contributed by atoms with Gasteiger partial charge in [0.1, 0.15) is 6.61 Å². The molecule has 1 rings (SSSR count). The Balaban J connectivity index is 2.52. The van der Waals surface area contributed by atoms with E-state index >= 15 is 0 Å². The zero-order valence-corrected chi connectivity index (χ0v) is 11.2. The number of carbonyl (C=O) groups excluding carboxylic acids is 1. The van der Waals surface area contributed by atoms with Gasteiger partial charge in [-0.25, -0.2) is 0 Å². The number of hydrogen-bond donors (Lipinski definition) is 1. The lowest BCUT2D eigenvalue weighted by atomic mass is 9.80. The lowest BCUT2D eigenvalue weighted by molar-refractivity contribution is -0.152. The van der Waals surface area contributed by atoms with Gasteiger partial charge < -0.3 is 9.84 Å². The highest BCUT2D eigenvalue weighted by molar-refractivity contribution is 5.75. The highest BCUT2D eigenvalue weighted by atomic mass is 16.5. The van der Waals surface area contributed by atoms with Gasteiger partial charge in [-0.3, -0.25) is 4.79 Å². The number of esters is 1. The standard InChI is InChI=1S/C14H24O3/c1-11(9-17-12(16)13(2,3)4)14(10-15)7-5-6-8-14/h15H,1,5-10H2,2-4H3. The smallest absolute Gasteiger partial charge is 0.311 e. The molecule has 17 heavy (non-hydrogen) atoms. The quantitative estimate of drug-likeness (QED) is 0.607. The maximum atomic E-state index is 11.7. The molecule has 1 N–H and O–H groups in total. The summed E-state index contributed by atoms with van der Waals surface area (Å²) in [4.78, 5) is 11.7. The van der Waals surface area contributed by atoms with Gasteiger partial charge in [0.2, 0.25) is 0 Å². The van der Waals surface area contributed by atoms with E-state index in [1.54, 1.807) is 0 Å². The first-order chi connectivity index (χ1) is 7.82. The van der Waals surface area contributed by atoms with Gasteiger partial charge >= 0.3 is 5.97 Å². The minimum Gasteiger partial charge on any atom is -0.461 e. The van der Waals surface area contributed by atoms with E-state index in [2.05, 4.69) is 6.58 Å². The van der Waals surface area contributed by atoms with Gasteiger partial charge in [0.05, 0.1) is 12.0 Å². The van der Waals surface area contributed by atoms with Crippen LogP contribution in [0.4, 0.5) is 0 Å². The van der Waals surface area contributed by atoms with Crippen LogP contribution in [0.2, 0.25) is 0 Å². The first-order valence-corrected chi connectivity index (χ1v) is 6.28. The summed E-state index contributed by atoms with van der Waals surface area (Å²) >= 11 is 0. The molecule has 1 aliphatic carbocycles. The summed E-state index contributed by atoms with van der Waals surface area (Å²) in [5.74, 6) is -0.218. The minimum absolute atomic E-state index is 0.110. The van der Waals surface area contributed by atoms with Crippen LogP contribution in [-0.4, -0.2) is 24.3 Å². The molecule has 0 aliphatic heterocycles. The van der Waals surface area contributed by atoms with Crippen molar-refractivity contribution in [3.63, 3.8) is 0 Å². The molecular formula is C14H24O3. The van der Waals surface area contributed by atoms with Crippen LogP contribution in [0.5, 0.6) is 0 Å². The van der Waals surface area contributed by atoms with Gasteiger partial charge in [0.25, 0.3) is 0 Å². The molecule has 0 radical (unpaired) electrons. The minimum atomic E-state index is -0.484. The molecule has 1 fully saturated rings. The van der Waals surface area contributed by atoms with Crippen LogP contribution in [0, 0.1) is 10.8 Å². The average molecular weight is 240 g/mol. The molecule has 0 spiro atoms. The summed E-state index contributed by atoms with van der Waals surface area (Å²) in [6.45, 7) is 9.83. The Morgan fingerprint density at radius 1 is 1.35 bits per heavy atom. The first kappa shape index (κ1) is 14.2. The van der Waals surface area contributed by atoms with Crippen LogP contribution in [0.25, 0.3) is 0 Å². The normalized spacial score (nSPS) is 19.1. The molecule has 1 aliphatic rings. The van der Waals surface area contributed by atoms with E-state index in [9.17, 15) is 9.90 Å². The highest BCUT2D eigenvalue weighted by Crippen LogP contribution is 2.43. The van der Waals surface area contributed by atoms with E-state index in [0.717, 1.165) is 31.3 Å². The third kappa shape index (κ3) is 3.32. The lowest BCUT2D eigenvalue weighted by Gasteiger charge is -2.29.